The van der Waals surface area contributed by atoms with Crippen LogP contribution in [0.4, 0.5) is 10.8 Å². The van der Waals surface area contributed by atoms with Gasteiger partial charge in [-0.3, -0.25) is 9.59 Å². The summed E-state index contributed by atoms with van der Waals surface area (Å²) in [6, 6.07) is 15.8. The van der Waals surface area contributed by atoms with Crippen LogP contribution < -0.4 is 33.9 Å². The van der Waals surface area contributed by atoms with Crippen LogP contribution in [0, 0.1) is 5.92 Å². The van der Waals surface area contributed by atoms with E-state index in [0.29, 0.717) is 46.0 Å². The van der Waals surface area contributed by atoms with Gasteiger partial charge in [-0.1, -0.05) is 23.5 Å². The van der Waals surface area contributed by atoms with E-state index < -0.39 is 12.0 Å². The largest absolute Gasteiger partial charge is 0.497 e. The molecular weight excluding hydrogens is 546 g/mol. The molecule has 3 aromatic carbocycles. The van der Waals surface area contributed by atoms with Crippen molar-refractivity contribution < 1.29 is 33.3 Å². The quantitative estimate of drug-likeness (QED) is 0.279. The molecule has 2 atom stereocenters. The van der Waals surface area contributed by atoms with Crippen molar-refractivity contribution in [3.63, 3.8) is 0 Å². The van der Waals surface area contributed by atoms with E-state index in [9.17, 15) is 9.59 Å². The van der Waals surface area contributed by atoms with Crippen LogP contribution in [0.3, 0.4) is 0 Å². The van der Waals surface area contributed by atoms with Gasteiger partial charge in [0.1, 0.15) is 11.5 Å². The number of methoxy groups -OCH3 is 5. The first-order valence-electron chi connectivity index (χ1n) is 12.9. The lowest BCUT2D eigenvalue weighted by Gasteiger charge is -2.41. The highest BCUT2D eigenvalue weighted by molar-refractivity contribution is 7.22. The lowest BCUT2D eigenvalue weighted by molar-refractivity contribution is -0.125. The molecular formula is C30H31N3O7S. The van der Waals surface area contributed by atoms with E-state index >= 15 is 0 Å². The third kappa shape index (κ3) is 5.45. The first-order chi connectivity index (χ1) is 19.9. The van der Waals surface area contributed by atoms with Crippen molar-refractivity contribution in [2.75, 3.05) is 45.8 Å². The number of ether oxygens (including phenoxy) is 5. The first kappa shape index (κ1) is 28.0. The average Bonchev–Trinajstić information content (AvgIpc) is 3.41. The molecule has 1 aliphatic heterocycles. The maximum atomic E-state index is 13.9. The summed E-state index contributed by atoms with van der Waals surface area (Å²) in [6.45, 7) is 0. The molecule has 1 aliphatic rings. The molecule has 2 heterocycles. The van der Waals surface area contributed by atoms with Crippen LogP contribution in [-0.2, 0) is 9.59 Å². The van der Waals surface area contributed by atoms with Crippen molar-refractivity contribution in [2.45, 2.75) is 18.9 Å². The Hall–Kier alpha value is -4.51. The summed E-state index contributed by atoms with van der Waals surface area (Å²) in [5, 5.41) is 3.48. The van der Waals surface area contributed by atoms with Crippen LogP contribution in [0.5, 0.6) is 28.7 Å². The van der Waals surface area contributed by atoms with Crippen LogP contribution in [0.15, 0.2) is 54.6 Å². The van der Waals surface area contributed by atoms with E-state index in [1.807, 2.05) is 42.5 Å². The second kappa shape index (κ2) is 11.9. The molecule has 11 heteroatoms. The number of carbonyl (C=O) groups is 2. The molecule has 1 saturated heterocycles. The second-order valence-corrected chi connectivity index (χ2v) is 10.4. The minimum atomic E-state index is -0.626. The molecule has 1 N–H and O–H groups in total. The van der Waals surface area contributed by atoms with E-state index in [2.05, 4.69) is 10.3 Å². The molecule has 0 unspecified atom stereocenters. The van der Waals surface area contributed by atoms with Crippen LogP contribution in [0.1, 0.15) is 24.4 Å². The highest BCUT2D eigenvalue weighted by Crippen LogP contribution is 2.46. The molecule has 0 bridgehead atoms. The Bertz CT molecular complexity index is 1550. The van der Waals surface area contributed by atoms with Gasteiger partial charge in [-0.15, -0.1) is 0 Å². The number of carbonyl (C=O) groups excluding carboxylic acids is 2. The van der Waals surface area contributed by atoms with Crippen molar-refractivity contribution in [1.29, 1.82) is 0 Å². The molecule has 4 aromatic rings. The van der Waals surface area contributed by atoms with E-state index in [1.54, 1.807) is 31.3 Å². The number of piperidine rings is 1. The van der Waals surface area contributed by atoms with Crippen molar-refractivity contribution in [1.82, 2.24) is 4.98 Å². The number of hydrogen-bond acceptors (Lipinski definition) is 9. The van der Waals surface area contributed by atoms with Gasteiger partial charge in [0.05, 0.1) is 63.4 Å². The zero-order valence-electron chi connectivity index (χ0n) is 23.4. The molecule has 0 aliphatic carbocycles. The summed E-state index contributed by atoms with van der Waals surface area (Å²) in [6.07, 6.45) is 0.541. The highest BCUT2D eigenvalue weighted by atomic mass is 32.1. The molecule has 5 rings (SSSR count). The Morgan fingerprint density at radius 3 is 2.15 bits per heavy atom. The summed E-state index contributed by atoms with van der Waals surface area (Å²) < 4.78 is 28.2. The van der Waals surface area contributed by atoms with E-state index in [0.717, 1.165) is 15.8 Å². The van der Waals surface area contributed by atoms with Crippen molar-refractivity contribution >= 4 is 44.2 Å². The Balaban J connectivity index is 1.56. The van der Waals surface area contributed by atoms with Crippen LogP contribution in [0.2, 0.25) is 0 Å². The van der Waals surface area contributed by atoms with Crippen molar-refractivity contribution in [2.24, 2.45) is 5.92 Å². The lowest BCUT2D eigenvalue weighted by Crippen LogP contribution is -2.47. The molecule has 1 aromatic heterocycles. The predicted molar refractivity (Wildman–Crippen MR) is 157 cm³/mol. The van der Waals surface area contributed by atoms with Crippen molar-refractivity contribution in [3.8, 4) is 28.7 Å². The van der Waals surface area contributed by atoms with Gasteiger partial charge in [-0.25, -0.2) is 4.98 Å². The Labute approximate surface area is 241 Å². The molecule has 41 heavy (non-hydrogen) atoms. The highest BCUT2D eigenvalue weighted by Gasteiger charge is 2.42. The Kier molecular flexibility index (Phi) is 8.16. The SMILES string of the molecule is COc1ccc([C@H]2[C@@H](C(=O)Nc3nc4ccc(OC)cc4s3)CCC(=O)N2c2cc(OC)c(OC)c(OC)c2)cc1. The number of amides is 2. The Morgan fingerprint density at radius 1 is 0.878 bits per heavy atom. The van der Waals surface area contributed by atoms with Gasteiger partial charge in [-0.05, 0) is 42.3 Å². The van der Waals surface area contributed by atoms with Gasteiger partial charge >= 0.3 is 0 Å². The fourth-order valence-corrected chi connectivity index (χ4v) is 6.04. The summed E-state index contributed by atoms with van der Waals surface area (Å²) in [5.74, 6) is 1.65. The maximum Gasteiger partial charge on any atom is 0.231 e. The number of aromatic nitrogens is 1. The minimum absolute atomic E-state index is 0.128. The standard InChI is InChI=1S/C30H31N3O7S/c1-36-19-8-6-17(7-9-19)27-21(29(35)32-30-31-22-12-10-20(37-2)16-25(22)41-30)11-13-26(34)33(27)18-14-23(38-3)28(40-5)24(15-18)39-4/h6-10,12,14-16,21,27H,11,13H2,1-5H3,(H,31,32,35)/t21-,27-/m0/s1. The molecule has 0 radical (unpaired) electrons. The fraction of sp³-hybridized carbons (Fsp3) is 0.300. The maximum absolute atomic E-state index is 13.9. The number of anilines is 2. The van der Waals surface area contributed by atoms with Crippen LogP contribution in [-0.4, -0.2) is 52.3 Å². The fourth-order valence-electron chi connectivity index (χ4n) is 5.14. The molecule has 2 amide bonds. The number of rotatable bonds is 9. The van der Waals surface area contributed by atoms with Gasteiger partial charge in [-0.2, -0.15) is 0 Å². The Morgan fingerprint density at radius 2 is 1.54 bits per heavy atom. The topological polar surface area (TPSA) is 108 Å². The molecule has 0 saturated carbocycles. The van der Waals surface area contributed by atoms with Crippen molar-refractivity contribution in [3.05, 3.63) is 60.2 Å². The second-order valence-electron chi connectivity index (χ2n) is 9.35. The number of thiazole rings is 1. The molecule has 0 spiro atoms. The zero-order valence-corrected chi connectivity index (χ0v) is 24.2. The normalized spacial score (nSPS) is 16.8. The zero-order chi connectivity index (χ0) is 29.1. The predicted octanol–water partition coefficient (Wildman–Crippen LogP) is 5.46. The number of fused-ring (bicyclic) bond motifs is 1. The van der Waals surface area contributed by atoms with E-state index in [4.69, 9.17) is 23.7 Å². The molecule has 214 valence electrons. The van der Waals surface area contributed by atoms with Crippen LogP contribution >= 0.6 is 11.3 Å². The number of benzene rings is 3. The lowest BCUT2D eigenvalue weighted by atomic mass is 9.83. The summed E-state index contributed by atoms with van der Waals surface area (Å²) in [5.41, 5.74) is 2.06. The third-order valence-corrected chi connectivity index (χ3v) is 8.08. The van der Waals surface area contributed by atoms with Gasteiger partial charge < -0.3 is 33.9 Å². The van der Waals surface area contributed by atoms with Gasteiger partial charge in [0.2, 0.25) is 17.6 Å². The van der Waals surface area contributed by atoms with Gasteiger partial charge in [0.25, 0.3) is 0 Å². The summed E-state index contributed by atoms with van der Waals surface area (Å²) in [4.78, 5) is 33.7. The number of nitrogens with one attached hydrogen (secondary N) is 1. The van der Waals surface area contributed by atoms with Gasteiger partial charge in [0.15, 0.2) is 16.6 Å². The number of hydrogen-bond donors (Lipinski definition) is 1. The number of nitrogens with zero attached hydrogens (tertiary/aromatic N) is 2. The monoisotopic (exact) mass is 577 g/mol. The smallest absolute Gasteiger partial charge is 0.231 e. The minimum Gasteiger partial charge on any atom is -0.497 e. The third-order valence-electron chi connectivity index (χ3n) is 7.14. The summed E-state index contributed by atoms with van der Waals surface area (Å²) in [7, 11) is 7.75. The summed E-state index contributed by atoms with van der Waals surface area (Å²) >= 11 is 1.37. The molecule has 10 nitrogen and oxygen atoms in total. The van der Waals surface area contributed by atoms with E-state index in [1.165, 1.54) is 32.7 Å². The van der Waals surface area contributed by atoms with Gasteiger partial charge in [0, 0.05) is 18.6 Å². The molecule has 1 fully saturated rings. The average molecular weight is 578 g/mol. The first-order valence-corrected chi connectivity index (χ1v) is 13.7. The van der Waals surface area contributed by atoms with E-state index in [-0.39, 0.29) is 18.2 Å². The van der Waals surface area contributed by atoms with Crippen LogP contribution in [0.25, 0.3) is 10.2 Å².